The minimum Gasteiger partial charge on any atom is -0.495 e. The van der Waals surface area contributed by atoms with Gasteiger partial charge in [-0.2, -0.15) is 5.10 Å². The summed E-state index contributed by atoms with van der Waals surface area (Å²) in [7, 11) is 1.56. The molecular formula is C24H28N4O3. The maximum Gasteiger partial charge on any atom is 0.275 e. The zero-order chi connectivity index (χ0) is 22.0. The van der Waals surface area contributed by atoms with Crippen molar-refractivity contribution in [3.8, 4) is 5.75 Å². The maximum absolute atomic E-state index is 13.1. The zero-order valence-corrected chi connectivity index (χ0v) is 18.2. The molecule has 162 valence electrons. The average molecular weight is 421 g/mol. The van der Waals surface area contributed by atoms with Crippen LogP contribution in [-0.4, -0.2) is 35.9 Å². The molecule has 0 unspecified atom stereocenters. The first-order chi connectivity index (χ1) is 15.0. The molecule has 1 amide bonds. The number of aryl methyl sites for hydroxylation is 1. The number of anilines is 2. The molecule has 1 aliphatic rings. The third-order valence-corrected chi connectivity index (χ3v) is 5.85. The lowest BCUT2D eigenvalue weighted by molar-refractivity contribution is -0.117. The first-order valence-electron chi connectivity index (χ1n) is 10.7. The number of nitrogens with one attached hydrogen (secondary N) is 1. The molecule has 0 atom stereocenters. The SMILES string of the molecule is COc1ccc(C)cc1NC(=O)Cn1nc(N2CCC(C)CC2)c2ccccc2c1=O. The molecule has 1 saturated heterocycles. The summed E-state index contributed by atoms with van der Waals surface area (Å²) in [5.41, 5.74) is 1.31. The molecule has 7 heteroatoms. The number of hydrogen-bond acceptors (Lipinski definition) is 5. The fourth-order valence-electron chi connectivity index (χ4n) is 4.02. The Bertz CT molecular complexity index is 1160. The van der Waals surface area contributed by atoms with Crippen molar-refractivity contribution in [3.05, 3.63) is 58.4 Å². The smallest absolute Gasteiger partial charge is 0.275 e. The average Bonchev–Trinajstić information content (AvgIpc) is 2.76. The molecule has 1 aliphatic heterocycles. The molecule has 0 bridgehead atoms. The molecule has 0 spiro atoms. The van der Waals surface area contributed by atoms with E-state index in [1.165, 1.54) is 4.68 Å². The van der Waals surface area contributed by atoms with Crippen molar-refractivity contribution in [3.63, 3.8) is 0 Å². The molecule has 2 heterocycles. The number of aromatic nitrogens is 2. The van der Waals surface area contributed by atoms with Crippen LogP contribution in [0.2, 0.25) is 0 Å². The van der Waals surface area contributed by atoms with Gasteiger partial charge in [0.15, 0.2) is 5.82 Å². The third kappa shape index (κ3) is 4.40. The number of carbonyl (C=O) groups excluding carboxylic acids is 1. The van der Waals surface area contributed by atoms with Crippen LogP contribution in [0.1, 0.15) is 25.3 Å². The monoisotopic (exact) mass is 420 g/mol. The van der Waals surface area contributed by atoms with Crippen molar-refractivity contribution in [1.29, 1.82) is 0 Å². The summed E-state index contributed by atoms with van der Waals surface area (Å²) in [6, 6.07) is 13.0. The van der Waals surface area contributed by atoms with Gasteiger partial charge in [-0.3, -0.25) is 9.59 Å². The van der Waals surface area contributed by atoms with Gasteiger partial charge in [0.25, 0.3) is 5.56 Å². The van der Waals surface area contributed by atoms with E-state index in [1.807, 2.05) is 37.3 Å². The molecule has 0 radical (unpaired) electrons. The Labute approximate surface area is 181 Å². The summed E-state index contributed by atoms with van der Waals surface area (Å²) >= 11 is 0. The number of ether oxygens (including phenoxy) is 1. The van der Waals surface area contributed by atoms with E-state index < -0.39 is 0 Å². The maximum atomic E-state index is 13.1. The van der Waals surface area contributed by atoms with E-state index in [0.717, 1.165) is 42.7 Å². The van der Waals surface area contributed by atoms with Gasteiger partial charge in [-0.15, -0.1) is 0 Å². The summed E-state index contributed by atoms with van der Waals surface area (Å²) < 4.78 is 6.61. The van der Waals surface area contributed by atoms with Crippen molar-refractivity contribution in [1.82, 2.24) is 9.78 Å². The Morgan fingerprint density at radius 1 is 1.16 bits per heavy atom. The van der Waals surface area contributed by atoms with Crippen LogP contribution in [-0.2, 0) is 11.3 Å². The lowest BCUT2D eigenvalue weighted by atomic mass is 9.99. The van der Waals surface area contributed by atoms with Crippen LogP contribution >= 0.6 is 0 Å². The van der Waals surface area contributed by atoms with Crippen LogP contribution in [0.25, 0.3) is 10.8 Å². The van der Waals surface area contributed by atoms with E-state index in [2.05, 4.69) is 22.2 Å². The Balaban J connectivity index is 1.66. The molecule has 1 N–H and O–H groups in total. The Kier molecular flexibility index (Phi) is 5.93. The molecule has 7 nitrogen and oxygen atoms in total. The van der Waals surface area contributed by atoms with E-state index in [4.69, 9.17) is 4.74 Å². The first-order valence-corrected chi connectivity index (χ1v) is 10.7. The van der Waals surface area contributed by atoms with Crippen LogP contribution in [0.5, 0.6) is 5.75 Å². The number of piperidine rings is 1. The number of carbonyl (C=O) groups is 1. The molecule has 3 aromatic rings. The van der Waals surface area contributed by atoms with Crippen LogP contribution in [0, 0.1) is 12.8 Å². The van der Waals surface area contributed by atoms with E-state index in [9.17, 15) is 9.59 Å². The predicted molar refractivity (Wildman–Crippen MR) is 123 cm³/mol. The summed E-state index contributed by atoms with van der Waals surface area (Å²) in [5, 5.41) is 8.89. The van der Waals surface area contributed by atoms with Gasteiger partial charge in [-0.05, 0) is 49.4 Å². The van der Waals surface area contributed by atoms with Crippen molar-refractivity contribution in [2.45, 2.75) is 33.2 Å². The molecule has 4 rings (SSSR count). The number of hydrogen-bond donors (Lipinski definition) is 1. The first kappa shape index (κ1) is 20.9. The molecular weight excluding hydrogens is 392 g/mol. The lowest BCUT2D eigenvalue weighted by Gasteiger charge is -2.32. The summed E-state index contributed by atoms with van der Waals surface area (Å²) in [5.74, 6) is 1.69. The standard InChI is InChI=1S/C24H28N4O3/c1-16-10-12-27(13-11-16)23-18-6-4-5-7-19(18)24(30)28(26-23)15-22(29)25-20-14-17(2)8-9-21(20)31-3/h4-9,14,16H,10-13,15H2,1-3H3,(H,25,29). The van der Waals surface area contributed by atoms with E-state index in [1.54, 1.807) is 19.2 Å². The number of fused-ring (bicyclic) bond motifs is 1. The minimum atomic E-state index is -0.327. The number of benzene rings is 2. The van der Waals surface area contributed by atoms with Gasteiger partial charge in [0.05, 0.1) is 18.2 Å². The summed E-state index contributed by atoms with van der Waals surface area (Å²) in [6.45, 7) is 5.81. The van der Waals surface area contributed by atoms with Crippen LogP contribution in [0.3, 0.4) is 0 Å². The highest BCUT2D eigenvalue weighted by Gasteiger charge is 2.21. The highest BCUT2D eigenvalue weighted by atomic mass is 16.5. The molecule has 31 heavy (non-hydrogen) atoms. The lowest BCUT2D eigenvalue weighted by Crippen LogP contribution is -2.37. The van der Waals surface area contributed by atoms with E-state index >= 15 is 0 Å². The van der Waals surface area contributed by atoms with Gasteiger partial charge >= 0.3 is 0 Å². The Morgan fingerprint density at radius 2 is 1.87 bits per heavy atom. The van der Waals surface area contributed by atoms with Crippen molar-refractivity contribution in [2.24, 2.45) is 5.92 Å². The summed E-state index contributed by atoms with van der Waals surface area (Å²) in [4.78, 5) is 28.1. The summed E-state index contributed by atoms with van der Waals surface area (Å²) in [6.07, 6.45) is 2.17. The fourth-order valence-corrected chi connectivity index (χ4v) is 4.02. The van der Waals surface area contributed by atoms with Crippen LogP contribution in [0.15, 0.2) is 47.3 Å². The van der Waals surface area contributed by atoms with Gasteiger partial charge in [-0.1, -0.05) is 31.2 Å². The van der Waals surface area contributed by atoms with E-state index in [0.29, 0.717) is 22.7 Å². The topological polar surface area (TPSA) is 76.5 Å². The van der Waals surface area contributed by atoms with Crippen molar-refractivity contribution in [2.75, 3.05) is 30.4 Å². The predicted octanol–water partition coefficient (Wildman–Crippen LogP) is 3.59. The Hall–Kier alpha value is -3.35. The molecule has 0 aliphatic carbocycles. The van der Waals surface area contributed by atoms with Gasteiger partial charge in [0.2, 0.25) is 5.91 Å². The van der Waals surface area contributed by atoms with Crippen molar-refractivity contribution < 1.29 is 9.53 Å². The zero-order valence-electron chi connectivity index (χ0n) is 18.2. The van der Waals surface area contributed by atoms with Crippen molar-refractivity contribution >= 4 is 28.2 Å². The highest BCUT2D eigenvalue weighted by molar-refractivity contribution is 5.94. The number of rotatable bonds is 5. The molecule has 2 aromatic carbocycles. The second kappa shape index (κ2) is 8.79. The van der Waals surface area contributed by atoms with Gasteiger partial charge in [-0.25, -0.2) is 4.68 Å². The fraction of sp³-hybridized carbons (Fsp3) is 0.375. The van der Waals surface area contributed by atoms with Crippen LogP contribution in [0.4, 0.5) is 11.5 Å². The second-order valence-corrected chi connectivity index (χ2v) is 8.25. The van der Waals surface area contributed by atoms with E-state index in [-0.39, 0.29) is 18.0 Å². The quantitative estimate of drug-likeness (QED) is 0.683. The number of nitrogens with zero attached hydrogens (tertiary/aromatic N) is 3. The van der Waals surface area contributed by atoms with Gasteiger partial charge in [0.1, 0.15) is 12.3 Å². The van der Waals surface area contributed by atoms with Crippen LogP contribution < -0.4 is 20.5 Å². The minimum absolute atomic E-state index is 0.169. The molecule has 1 fully saturated rings. The number of amides is 1. The highest BCUT2D eigenvalue weighted by Crippen LogP contribution is 2.27. The molecule has 0 saturated carbocycles. The largest absolute Gasteiger partial charge is 0.495 e. The van der Waals surface area contributed by atoms with Gasteiger partial charge < -0.3 is 15.0 Å². The Morgan fingerprint density at radius 3 is 2.58 bits per heavy atom. The third-order valence-electron chi connectivity index (χ3n) is 5.85. The number of methoxy groups -OCH3 is 1. The second-order valence-electron chi connectivity index (χ2n) is 8.25. The van der Waals surface area contributed by atoms with Gasteiger partial charge in [0, 0.05) is 18.5 Å². The molecule has 1 aromatic heterocycles. The normalized spacial score (nSPS) is 14.6.